The van der Waals surface area contributed by atoms with Gasteiger partial charge in [-0.2, -0.15) is 0 Å². The minimum atomic E-state index is 0.203. The molecule has 0 saturated heterocycles. The summed E-state index contributed by atoms with van der Waals surface area (Å²) >= 11 is 3.27. The monoisotopic (exact) mass is 224 g/mol. The van der Waals surface area contributed by atoms with Crippen LogP contribution in [0, 0.1) is 0 Å². The van der Waals surface area contributed by atoms with Crippen molar-refractivity contribution in [3.05, 3.63) is 29.0 Å². The summed E-state index contributed by atoms with van der Waals surface area (Å²) in [6.07, 6.45) is 3.17. The number of nitrogens with zero attached hydrogens (tertiary/aromatic N) is 2. The van der Waals surface area contributed by atoms with Gasteiger partial charge in [0.15, 0.2) is 5.65 Å². The van der Waals surface area contributed by atoms with Gasteiger partial charge in [0.05, 0.1) is 5.39 Å². The lowest BCUT2D eigenvalue weighted by atomic mass is 10.3. The molecule has 0 aliphatic heterocycles. The van der Waals surface area contributed by atoms with E-state index in [1.165, 1.54) is 12.3 Å². The molecule has 60 valence electrons. The number of pyridine rings is 2. The highest BCUT2D eigenvalue weighted by atomic mass is 79.9. The fourth-order valence-corrected chi connectivity index (χ4v) is 1.32. The van der Waals surface area contributed by atoms with Crippen LogP contribution in [0.4, 0.5) is 0 Å². The van der Waals surface area contributed by atoms with Crippen molar-refractivity contribution in [2.45, 2.75) is 0 Å². The van der Waals surface area contributed by atoms with E-state index in [0.717, 1.165) is 4.47 Å². The number of fused-ring (bicyclic) bond motifs is 1. The molecule has 0 atom stereocenters. The lowest BCUT2D eigenvalue weighted by Gasteiger charge is -1.98. The molecule has 0 fully saturated rings. The third kappa shape index (κ3) is 1.14. The van der Waals surface area contributed by atoms with E-state index >= 15 is 0 Å². The molecule has 2 aromatic heterocycles. The summed E-state index contributed by atoms with van der Waals surface area (Å²) in [7, 11) is 0. The first-order valence-electron chi connectivity index (χ1n) is 3.36. The Kier molecular flexibility index (Phi) is 1.69. The maximum atomic E-state index is 9.39. The number of aromatic hydroxyl groups is 1. The summed E-state index contributed by atoms with van der Waals surface area (Å²) in [6.45, 7) is 0. The van der Waals surface area contributed by atoms with E-state index < -0.39 is 0 Å². The topological polar surface area (TPSA) is 46.0 Å². The van der Waals surface area contributed by atoms with Crippen molar-refractivity contribution in [3.8, 4) is 5.75 Å². The standard InChI is InChI=1S/C8H5BrN2O/c9-5-3-6-7(12)1-2-10-8(6)11-4-5/h1-4H,(H,10,11,12). The van der Waals surface area contributed by atoms with Crippen molar-refractivity contribution in [3.63, 3.8) is 0 Å². The molecule has 0 amide bonds. The number of hydrogen-bond acceptors (Lipinski definition) is 3. The predicted molar refractivity (Wildman–Crippen MR) is 48.9 cm³/mol. The Morgan fingerprint density at radius 2 is 2.17 bits per heavy atom. The maximum Gasteiger partial charge on any atom is 0.162 e. The summed E-state index contributed by atoms with van der Waals surface area (Å²) in [5.41, 5.74) is 0.554. The van der Waals surface area contributed by atoms with Crippen LogP contribution in [0.5, 0.6) is 5.75 Å². The van der Waals surface area contributed by atoms with Crippen molar-refractivity contribution in [2.75, 3.05) is 0 Å². The molecule has 0 radical (unpaired) electrons. The first kappa shape index (κ1) is 7.49. The van der Waals surface area contributed by atoms with Crippen molar-refractivity contribution in [1.82, 2.24) is 9.97 Å². The molecule has 0 aliphatic rings. The third-order valence-corrected chi connectivity index (χ3v) is 1.97. The summed E-state index contributed by atoms with van der Waals surface area (Å²) in [4.78, 5) is 8.01. The Balaban J connectivity index is 2.88. The molecule has 0 unspecified atom stereocenters. The maximum absolute atomic E-state index is 9.39. The highest BCUT2D eigenvalue weighted by Crippen LogP contribution is 2.23. The Labute approximate surface area is 77.2 Å². The molecule has 0 aliphatic carbocycles. The Morgan fingerprint density at radius 3 is 3.00 bits per heavy atom. The Morgan fingerprint density at radius 1 is 1.33 bits per heavy atom. The average Bonchev–Trinajstić information content (AvgIpc) is 2.07. The largest absolute Gasteiger partial charge is 0.507 e. The van der Waals surface area contributed by atoms with Crippen LogP contribution in [-0.4, -0.2) is 15.1 Å². The van der Waals surface area contributed by atoms with E-state index in [2.05, 4.69) is 25.9 Å². The average molecular weight is 225 g/mol. The first-order valence-corrected chi connectivity index (χ1v) is 4.16. The molecule has 2 heterocycles. The number of hydrogen-bond donors (Lipinski definition) is 1. The van der Waals surface area contributed by atoms with E-state index in [4.69, 9.17) is 0 Å². The molecule has 0 aromatic carbocycles. The molecule has 0 saturated carbocycles. The predicted octanol–water partition coefficient (Wildman–Crippen LogP) is 2.10. The fourth-order valence-electron chi connectivity index (χ4n) is 0.992. The highest BCUT2D eigenvalue weighted by molar-refractivity contribution is 9.10. The van der Waals surface area contributed by atoms with E-state index in [1.54, 1.807) is 12.3 Å². The van der Waals surface area contributed by atoms with Gasteiger partial charge in [0, 0.05) is 16.9 Å². The minimum absolute atomic E-state index is 0.203. The molecule has 3 nitrogen and oxygen atoms in total. The summed E-state index contributed by atoms with van der Waals surface area (Å²) in [6, 6.07) is 3.32. The third-order valence-electron chi connectivity index (χ3n) is 1.54. The van der Waals surface area contributed by atoms with Crippen LogP contribution in [0.25, 0.3) is 11.0 Å². The first-order chi connectivity index (χ1) is 5.77. The van der Waals surface area contributed by atoms with Gasteiger partial charge >= 0.3 is 0 Å². The zero-order valence-corrected chi connectivity index (χ0v) is 7.62. The summed E-state index contributed by atoms with van der Waals surface area (Å²) in [5.74, 6) is 0.203. The zero-order valence-electron chi connectivity index (χ0n) is 6.03. The second kappa shape index (κ2) is 2.71. The molecule has 4 heteroatoms. The Hall–Kier alpha value is -1.16. The van der Waals surface area contributed by atoms with Gasteiger partial charge < -0.3 is 5.11 Å². The summed E-state index contributed by atoms with van der Waals surface area (Å²) < 4.78 is 0.832. The van der Waals surface area contributed by atoms with E-state index in [9.17, 15) is 5.11 Å². The van der Waals surface area contributed by atoms with Gasteiger partial charge in [0.1, 0.15) is 5.75 Å². The quantitative estimate of drug-likeness (QED) is 0.746. The van der Waals surface area contributed by atoms with Gasteiger partial charge in [-0.15, -0.1) is 0 Å². The SMILES string of the molecule is Oc1ccnc2ncc(Br)cc12. The van der Waals surface area contributed by atoms with Crippen LogP contribution in [0.2, 0.25) is 0 Å². The van der Waals surface area contributed by atoms with Crippen molar-refractivity contribution in [1.29, 1.82) is 0 Å². The van der Waals surface area contributed by atoms with Crippen LogP contribution in [0.15, 0.2) is 29.0 Å². The lowest BCUT2D eigenvalue weighted by Crippen LogP contribution is -1.82. The number of aromatic nitrogens is 2. The van der Waals surface area contributed by atoms with E-state index in [0.29, 0.717) is 11.0 Å². The normalized spacial score (nSPS) is 10.4. The fraction of sp³-hybridized carbons (Fsp3) is 0. The van der Waals surface area contributed by atoms with Gasteiger partial charge in [0.2, 0.25) is 0 Å². The summed E-state index contributed by atoms with van der Waals surface area (Å²) in [5, 5.41) is 10.1. The van der Waals surface area contributed by atoms with Gasteiger partial charge in [-0.25, -0.2) is 9.97 Å². The molecule has 2 rings (SSSR count). The van der Waals surface area contributed by atoms with Crippen LogP contribution < -0.4 is 0 Å². The molecule has 12 heavy (non-hydrogen) atoms. The van der Waals surface area contributed by atoms with E-state index in [1.807, 2.05) is 0 Å². The molecule has 0 spiro atoms. The van der Waals surface area contributed by atoms with Crippen LogP contribution in [0.3, 0.4) is 0 Å². The smallest absolute Gasteiger partial charge is 0.162 e. The van der Waals surface area contributed by atoms with Crippen LogP contribution in [-0.2, 0) is 0 Å². The van der Waals surface area contributed by atoms with E-state index in [-0.39, 0.29) is 5.75 Å². The second-order valence-electron chi connectivity index (χ2n) is 2.35. The number of halogens is 1. The van der Waals surface area contributed by atoms with Crippen molar-refractivity contribution < 1.29 is 5.11 Å². The zero-order chi connectivity index (χ0) is 8.55. The van der Waals surface area contributed by atoms with Gasteiger partial charge in [-0.1, -0.05) is 0 Å². The van der Waals surface area contributed by atoms with Crippen LogP contribution >= 0.6 is 15.9 Å². The van der Waals surface area contributed by atoms with Gasteiger partial charge in [-0.3, -0.25) is 0 Å². The minimum Gasteiger partial charge on any atom is -0.507 e. The molecular formula is C8H5BrN2O. The van der Waals surface area contributed by atoms with Crippen LogP contribution in [0.1, 0.15) is 0 Å². The number of rotatable bonds is 0. The van der Waals surface area contributed by atoms with Crippen molar-refractivity contribution in [2.24, 2.45) is 0 Å². The Bertz CT molecular complexity index is 430. The highest BCUT2D eigenvalue weighted by Gasteiger charge is 2.00. The molecule has 0 bridgehead atoms. The van der Waals surface area contributed by atoms with Gasteiger partial charge in [0.25, 0.3) is 0 Å². The van der Waals surface area contributed by atoms with Gasteiger partial charge in [-0.05, 0) is 28.1 Å². The lowest BCUT2D eigenvalue weighted by molar-refractivity contribution is 0.481. The molecular weight excluding hydrogens is 220 g/mol. The molecule has 2 aromatic rings. The second-order valence-corrected chi connectivity index (χ2v) is 3.27. The molecule has 1 N–H and O–H groups in total. The van der Waals surface area contributed by atoms with Crippen molar-refractivity contribution >= 4 is 27.0 Å².